The molecule has 3 N–H and O–H groups in total. The molecule has 0 saturated heterocycles. The standard InChI is InChI=1S/C14H26N2O2/c1-4-6-13(5-2)7-8-14(13,10-15)12(18)9-16-11(3)17/h4-10,15H2,1-3H3,(H,16,17). The summed E-state index contributed by atoms with van der Waals surface area (Å²) in [6.45, 7) is 6.25. The van der Waals surface area contributed by atoms with Crippen LogP contribution in [-0.2, 0) is 9.59 Å². The molecule has 1 aliphatic carbocycles. The first-order valence-electron chi connectivity index (χ1n) is 6.96. The number of ketones is 1. The Labute approximate surface area is 110 Å². The number of amides is 1. The van der Waals surface area contributed by atoms with Gasteiger partial charge in [-0.15, -0.1) is 0 Å². The van der Waals surface area contributed by atoms with Gasteiger partial charge in [0.2, 0.25) is 5.91 Å². The van der Waals surface area contributed by atoms with Crippen molar-refractivity contribution in [2.24, 2.45) is 16.6 Å². The van der Waals surface area contributed by atoms with Gasteiger partial charge in [0.15, 0.2) is 5.78 Å². The predicted molar refractivity (Wildman–Crippen MR) is 72.0 cm³/mol. The first kappa shape index (κ1) is 15.2. The Morgan fingerprint density at radius 1 is 1.28 bits per heavy atom. The summed E-state index contributed by atoms with van der Waals surface area (Å²) in [5.41, 5.74) is 5.58. The van der Waals surface area contributed by atoms with E-state index in [0.717, 1.165) is 32.1 Å². The van der Waals surface area contributed by atoms with Crippen molar-refractivity contribution in [3.63, 3.8) is 0 Å². The monoisotopic (exact) mass is 254 g/mol. The van der Waals surface area contributed by atoms with Crippen molar-refractivity contribution in [3.05, 3.63) is 0 Å². The molecule has 0 aromatic heterocycles. The van der Waals surface area contributed by atoms with Crippen LogP contribution in [0.15, 0.2) is 0 Å². The summed E-state index contributed by atoms with van der Waals surface area (Å²) in [7, 11) is 0. The highest BCUT2D eigenvalue weighted by atomic mass is 16.2. The second kappa shape index (κ2) is 5.83. The largest absolute Gasteiger partial charge is 0.349 e. The topological polar surface area (TPSA) is 72.2 Å². The Morgan fingerprint density at radius 2 is 1.94 bits per heavy atom. The van der Waals surface area contributed by atoms with Crippen molar-refractivity contribution < 1.29 is 9.59 Å². The number of nitrogens with two attached hydrogens (primary N) is 1. The minimum Gasteiger partial charge on any atom is -0.349 e. The molecule has 0 bridgehead atoms. The normalized spacial score (nSPS) is 30.7. The summed E-state index contributed by atoms with van der Waals surface area (Å²) >= 11 is 0. The van der Waals surface area contributed by atoms with Crippen molar-refractivity contribution in [3.8, 4) is 0 Å². The molecular formula is C14H26N2O2. The van der Waals surface area contributed by atoms with Crippen molar-refractivity contribution >= 4 is 11.7 Å². The Hall–Kier alpha value is -0.900. The van der Waals surface area contributed by atoms with E-state index in [1.54, 1.807) is 0 Å². The van der Waals surface area contributed by atoms with E-state index in [9.17, 15) is 9.59 Å². The molecule has 0 radical (unpaired) electrons. The average Bonchev–Trinajstić information content (AvgIpc) is 2.33. The zero-order valence-electron chi connectivity index (χ0n) is 11.8. The molecule has 2 atom stereocenters. The van der Waals surface area contributed by atoms with E-state index in [1.165, 1.54) is 6.92 Å². The molecule has 4 heteroatoms. The van der Waals surface area contributed by atoms with Gasteiger partial charge in [0.1, 0.15) is 0 Å². The molecule has 104 valence electrons. The maximum atomic E-state index is 12.4. The zero-order chi connectivity index (χ0) is 13.8. The van der Waals surface area contributed by atoms with E-state index in [2.05, 4.69) is 19.2 Å². The maximum absolute atomic E-state index is 12.4. The van der Waals surface area contributed by atoms with Gasteiger partial charge >= 0.3 is 0 Å². The highest BCUT2D eigenvalue weighted by Gasteiger charge is 2.59. The quantitative estimate of drug-likeness (QED) is 0.725. The van der Waals surface area contributed by atoms with Crippen LogP contribution in [0.4, 0.5) is 0 Å². The lowest BCUT2D eigenvalue weighted by atomic mass is 9.45. The predicted octanol–water partition coefficient (Wildman–Crippen LogP) is 1.63. The number of Topliss-reactive ketones (excluding diaryl/α,β-unsaturated/α-hetero) is 1. The molecule has 4 nitrogen and oxygen atoms in total. The minimum atomic E-state index is -0.403. The van der Waals surface area contributed by atoms with Gasteiger partial charge in [-0.3, -0.25) is 9.59 Å². The molecule has 0 aromatic carbocycles. The van der Waals surface area contributed by atoms with Gasteiger partial charge in [0, 0.05) is 18.9 Å². The summed E-state index contributed by atoms with van der Waals surface area (Å²) in [6.07, 6.45) is 5.06. The number of rotatable bonds is 7. The van der Waals surface area contributed by atoms with Gasteiger partial charge < -0.3 is 11.1 Å². The van der Waals surface area contributed by atoms with E-state index >= 15 is 0 Å². The van der Waals surface area contributed by atoms with Crippen LogP contribution in [0.3, 0.4) is 0 Å². The molecule has 18 heavy (non-hydrogen) atoms. The lowest BCUT2D eigenvalue weighted by Crippen LogP contribution is -2.61. The van der Waals surface area contributed by atoms with Gasteiger partial charge in [-0.25, -0.2) is 0 Å². The van der Waals surface area contributed by atoms with Crippen LogP contribution in [0.25, 0.3) is 0 Å². The third kappa shape index (κ3) is 2.30. The smallest absolute Gasteiger partial charge is 0.217 e. The van der Waals surface area contributed by atoms with Crippen LogP contribution in [0.2, 0.25) is 0 Å². The summed E-state index contributed by atoms with van der Waals surface area (Å²) in [6, 6.07) is 0. The Bertz CT molecular complexity index is 322. The highest BCUT2D eigenvalue weighted by molar-refractivity contribution is 5.91. The Balaban J connectivity index is 2.84. The number of hydrogen-bond acceptors (Lipinski definition) is 3. The molecule has 0 aliphatic heterocycles. The van der Waals surface area contributed by atoms with Gasteiger partial charge in [-0.2, -0.15) is 0 Å². The highest BCUT2D eigenvalue weighted by Crippen LogP contribution is 2.61. The molecule has 1 saturated carbocycles. The third-order valence-corrected chi connectivity index (χ3v) is 4.83. The van der Waals surface area contributed by atoms with Crippen molar-refractivity contribution in [2.75, 3.05) is 13.1 Å². The molecule has 1 aliphatic rings. The molecular weight excluding hydrogens is 228 g/mol. The van der Waals surface area contributed by atoms with Gasteiger partial charge in [0.05, 0.1) is 6.54 Å². The zero-order valence-corrected chi connectivity index (χ0v) is 11.8. The number of carbonyl (C=O) groups excluding carboxylic acids is 2. The summed E-state index contributed by atoms with van der Waals surface area (Å²) in [4.78, 5) is 23.4. The fraction of sp³-hybridized carbons (Fsp3) is 0.857. The summed E-state index contributed by atoms with van der Waals surface area (Å²) in [5.74, 6) is -0.0471. The fourth-order valence-electron chi connectivity index (χ4n) is 3.56. The SMILES string of the molecule is CCCC1(CC)CCC1(CN)C(=O)CNC(C)=O. The first-order chi connectivity index (χ1) is 8.48. The molecule has 0 spiro atoms. The van der Waals surface area contributed by atoms with Crippen molar-refractivity contribution in [1.29, 1.82) is 0 Å². The minimum absolute atomic E-state index is 0.0616. The fourth-order valence-corrected chi connectivity index (χ4v) is 3.56. The van der Waals surface area contributed by atoms with E-state index < -0.39 is 5.41 Å². The summed E-state index contributed by atoms with van der Waals surface area (Å²) < 4.78 is 0. The summed E-state index contributed by atoms with van der Waals surface area (Å²) in [5, 5.41) is 2.61. The lowest BCUT2D eigenvalue weighted by Gasteiger charge is -2.58. The average molecular weight is 254 g/mol. The van der Waals surface area contributed by atoms with E-state index in [1.807, 2.05) is 0 Å². The first-order valence-corrected chi connectivity index (χ1v) is 6.96. The molecule has 1 rings (SSSR count). The number of nitrogens with one attached hydrogen (secondary N) is 1. The maximum Gasteiger partial charge on any atom is 0.217 e. The van der Waals surface area contributed by atoms with Crippen LogP contribution in [0, 0.1) is 10.8 Å². The van der Waals surface area contributed by atoms with Crippen LogP contribution >= 0.6 is 0 Å². The Morgan fingerprint density at radius 3 is 2.28 bits per heavy atom. The van der Waals surface area contributed by atoms with Crippen LogP contribution in [0.5, 0.6) is 0 Å². The van der Waals surface area contributed by atoms with Crippen LogP contribution in [-0.4, -0.2) is 24.8 Å². The second-order valence-electron chi connectivity index (χ2n) is 5.50. The van der Waals surface area contributed by atoms with Gasteiger partial charge in [-0.05, 0) is 31.1 Å². The molecule has 0 aromatic rings. The Kier molecular flexibility index (Phi) is 4.91. The van der Waals surface area contributed by atoms with Gasteiger partial charge in [0.25, 0.3) is 0 Å². The molecule has 2 unspecified atom stereocenters. The van der Waals surface area contributed by atoms with E-state index in [-0.39, 0.29) is 23.7 Å². The van der Waals surface area contributed by atoms with Gasteiger partial charge in [-0.1, -0.05) is 20.3 Å². The third-order valence-electron chi connectivity index (χ3n) is 4.83. The van der Waals surface area contributed by atoms with E-state index in [0.29, 0.717) is 6.54 Å². The van der Waals surface area contributed by atoms with E-state index in [4.69, 9.17) is 5.73 Å². The van der Waals surface area contributed by atoms with Crippen LogP contribution in [0.1, 0.15) is 52.9 Å². The number of carbonyl (C=O) groups is 2. The van der Waals surface area contributed by atoms with Crippen molar-refractivity contribution in [2.45, 2.75) is 52.9 Å². The second-order valence-corrected chi connectivity index (χ2v) is 5.50. The molecule has 1 amide bonds. The van der Waals surface area contributed by atoms with Crippen LogP contribution < -0.4 is 11.1 Å². The number of hydrogen-bond donors (Lipinski definition) is 2. The molecule has 1 fully saturated rings. The molecule has 0 heterocycles. The van der Waals surface area contributed by atoms with Crippen molar-refractivity contribution in [1.82, 2.24) is 5.32 Å². The lowest BCUT2D eigenvalue weighted by molar-refractivity contribution is -0.154.